The molecule has 0 bridgehead atoms. The molecule has 8 nitrogen and oxygen atoms in total. The highest BCUT2D eigenvalue weighted by molar-refractivity contribution is 7.91. The lowest BCUT2D eigenvalue weighted by Crippen LogP contribution is -2.43. The van der Waals surface area contributed by atoms with Crippen molar-refractivity contribution in [3.8, 4) is 0 Å². The summed E-state index contributed by atoms with van der Waals surface area (Å²) in [4.78, 5) is 9.97. The molecule has 0 aromatic carbocycles. The van der Waals surface area contributed by atoms with E-state index in [2.05, 4.69) is 10.0 Å². The van der Waals surface area contributed by atoms with Crippen LogP contribution in [-0.4, -0.2) is 45.7 Å². The van der Waals surface area contributed by atoms with E-state index in [1.807, 2.05) is 0 Å². The molecule has 1 aromatic heterocycles. The van der Waals surface area contributed by atoms with Crippen molar-refractivity contribution in [2.24, 2.45) is 0 Å². The van der Waals surface area contributed by atoms with E-state index in [0.717, 1.165) is 6.07 Å². The Morgan fingerprint density at radius 3 is 2.85 bits per heavy atom. The Bertz CT molecular complexity index is 617. The lowest BCUT2D eigenvalue weighted by molar-refractivity contribution is -0.384. The third-order valence-electron chi connectivity index (χ3n) is 2.88. The van der Waals surface area contributed by atoms with Gasteiger partial charge in [-0.15, -0.1) is 11.3 Å². The van der Waals surface area contributed by atoms with Crippen LogP contribution in [0.5, 0.6) is 0 Å². The second-order valence-electron chi connectivity index (χ2n) is 4.14. The van der Waals surface area contributed by atoms with Gasteiger partial charge in [-0.2, -0.15) is 0 Å². The highest BCUT2D eigenvalue weighted by Gasteiger charge is 2.33. The summed E-state index contributed by atoms with van der Waals surface area (Å²) in [5.74, 6) is 0. The van der Waals surface area contributed by atoms with Crippen LogP contribution >= 0.6 is 22.9 Å². The number of thiophene rings is 1. The van der Waals surface area contributed by atoms with Gasteiger partial charge in [0.1, 0.15) is 4.21 Å². The molecule has 0 spiro atoms. The van der Waals surface area contributed by atoms with Crippen molar-refractivity contribution in [2.75, 3.05) is 20.2 Å². The van der Waals surface area contributed by atoms with Crippen LogP contribution in [0.4, 0.5) is 5.69 Å². The molecular weight excluding hydrogens is 330 g/mol. The first-order chi connectivity index (χ1) is 9.35. The molecule has 2 N–H and O–H groups in total. The molecule has 1 unspecified atom stereocenters. The zero-order valence-corrected chi connectivity index (χ0v) is 12.7. The van der Waals surface area contributed by atoms with Crippen LogP contribution < -0.4 is 10.0 Å². The van der Waals surface area contributed by atoms with Crippen molar-refractivity contribution in [3.05, 3.63) is 20.5 Å². The van der Waals surface area contributed by atoms with E-state index in [0.29, 0.717) is 24.4 Å². The predicted octanol–water partition coefficient (Wildman–Crippen LogP) is 0.575. The van der Waals surface area contributed by atoms with Crippen LogP contribution in [0.3, 0.4) is 0 Å². The van der Waals surface area contributed by atoms with Crippen LogP contribution in [0.15, 0.2) is 10.3 Å². The van der Waals surface area contributed by atoms with E-state index in [4.69, 9.17) is 16.3 Å². The third kappa shape index (κ3) is 3.10. The van der Waals surface area contributed by atoms with Gasteiger partial charge < -0.3 is 10.1 Å². The number of hydrogen-bond donors (Lipinski definition) is 2. The molecule has 1 saturated heterocycles. The molecule has 2 atom stereocenters. The molecule has 0 aliphatic carbocycles. The normalized spacial score (nSPS) is 23.1. The van der Waals surface area contributed by atoms with Crippen LogP contribution in [0.25, 0.3) is 0 Å². The van der Waals surface area contributed by atoms with Crippen LogP contribution in [0.1, 0.15) is 0 Å². The fraction of sp³-hybridized carbons (Fsp3) is 0.556. The minimum atomic E-state index is -3.86. The first-order valence-electron chi connectivity index (χ1n) is 5.54. The number of rotatable bonds is 5. The number of ether oxygens (including phenoxy) is 1. The second-order valence-corrected chi connectivity index (χ2v) is 7.74. The standard InChI is InChI=1S/C9H12ClN3O5S2/c1-18-7-4-11-3-5(7)12-20(16,17)8-2-6(13(14)15)9(10)19-8/h2,5,7,11-12H,3-4H2,1H3/t5?,7-/m0/s1. The molecule has 1 fully saturated rings. The Morgan fingerprint density at radius 1 is 1.60 bits per heavy atom. The number of hydrogen-bond acceptors (Lipinski definition) is 7. The maximum absolute atomic E-state index is 12.2. The van der Waals surface area contributed by atoms with Crippen LogP contribution in [0, 0.1) is 10.1 Å². The SMILES string of the molecule is CO[C@H]1CNCC1NS(=O)(=O)c1cc([N+](=O)[O-])c(Cl)s1. The van der Waals surface area contributed by atoms with Crippen molar-refractivity contribution in [2.45, 2.75) is 16.4 Å². The van der Waals surface area contributed by atoms with Gasteiger partial charge in [-0.05, 0) is 0 Å². The first-order valence-corrected chi connectivity index (χ1v) is 8.22. The van der Waals surface area contributed by atoms with E-state index in [1.54, 1.807) is 0 Å². The van der Waals surface area contributed by atoms with E-state index in [9.17, 15) is 18.5 Å². The number of nitrogens with one attached hydrogen (secondary N) is 2. The summed E-state index contributed by atoms with van der Waals surface area (Å²) in [6, 6.07) is 0.532. The third-order valence-corrected chi connectivity index (χ3v) is 6.18. The van der Waals surface area contributed by atoms with Gasteiger partial charge in [0.05, 0.1) is 17.1 Å². The van der Waals surface area contributed by atoms with Crippen molar-refractivity contribution in [3.63, 3.8) is 0 Å². The topological polar surface area (TPSA) is 111 Å². The Hall–Kier alpha value is -0.780. The minimum absolute atomic E-state index is 0.164. The second kappa shape index (κ2) is 5.92. The zero-order chi connectivity index (χ0) is 14.9. The average Bonchev–Trinajstić information content (AvgIpc) is 2.95. The van der Waals surface area contributed by atoms with Gasteiger partial charge in [0.25, 0.3) is 15.7 Å². The Morgan fingerprint density at radius 2 is 2.30 bits per heavy atom. The summed E-state index contributed by atoms with van der Waals surface area (Å²) in [7, 11) is -2.37. The van der Waals surface area contributed by atoms with Gasteiger partial charge in [0.2, 0.25) is 0 Å². The summed E-state index contributed by atoms with van der Waals surface area (Å²) in [6.07, 6.45) is -0.282. The van der Waals surface area contributed by atoms with Gasteiger partial charge in [-0.25, -0.2) is 13.1 Å². The summed E-state index contributed by atoms with van der Waals surface area (Å²) < 4.78 is 31.6. The zero-order valence-electron chi connectivity index (χ0n) is 10.3. The molecule has 0 amide bonds. The minimum Gasteiger partial charge on any atom is -0.378 e. The van der Waals surface area contributed by atoms with E-state index >= 15 is 0 Å². The lowest BCUT2D eigenvalue weighted by Gasteiger charge is -2.17. The van der Waals surface area contributed by atoms with Crippen molar-refractivity contribution >= 4 is 38.6 Å². The maximum atomic E-state index is 12.2. The van der Waals surface area contributed by atoms with Gasteiger partial charge in [0, 0.05) is 26.3 Å². The molecule has 1 aliphatic rings. The number of halogens is 1. The number of nitrogens with zero attached hydrogens (tertiary/aromatic N) is 1. The Kier molecular flexibility index (Phi) is 4.62. The van der Waals surface area contributed by atoms with E-state index < -0.39 is 26.7 Å². The molecule has 1 aliphatic heterocycles. The molecule has 11 heteroatoms. The van der Waals surface area contributed by atoms with E-state index in [-0.39, 0.29) is 14.6 Å². The molecule has 112 valence electrons. The monoisotopic (exact) mass is 341 g/mol. The average molecular weight is 342 g/mol. The summed E-state index contributed by atoms with van der Waals surface area (Å²) in [5, 5.41) is 13.7. The highest BCUT2D eigenvalue weighted by Crippen LogP contribution is 2.36. The smallest absolute Gasteiger partial charge is 0.300 e. The molecule has 0 saturated carbocycles. The fourth-order valence-corrected chi connectivity index (χ4v) is 4.82. The molecule has 20 heavy (non-hydrogen) atoms. The van der Waals surface area contributed by atoms with Gasteiger partial charge in [0.15, 0.2) is 4.34 Å². The van der Waals surface area contributed by atoms with Crippen molar-refractivity contribution in [1.82, 2.24) is 10.0 Å². The lowest BCUT2D eigenvalue weighted by atomic mass is 10.2. The maximum Gasteiger partial charge on any atom is 0.300 e. The number of sulfonamides is 1. The summed E-state index contributed by atoms with van der Waals surface area (Å²) >= 11 is 6.32. The fourth-order valence-electron chi connectivity index (χ4n) is 1.87. The number of methoxy groups -OCH3 is 1. The predicted molar refractivity (Wildman–Crippen MR) is 73.8 cm³/mol. The molecule has 2 rings (SSSR count). The van der Waals surface area contributed by atoms with Gasteiger partial charge in [-0.3, -0.25) is 10.1 Å². The van der Waals surface area contributed by atoms with Crippen molar-refractivity contribution < 1.29 is 18.1 Å². The quantitative estimate of drug-likeness (QED) is 0.598. The van der Waals surface area contributed by atoms with Crippen LogP contribution in [-0.2, 0) is 14.8 Å². The van der Waals surface area contributed by atoms with Gasteiger partial charge in [-0.1, -0.05) is 11.6 Å². The first kappa shape index (κ1) is 15.6. The summed E-state index contributed by atoms with van der Waals surface area (Å²) in [5.41, 5.74) is -0.412. The molecule has 0 radical (unpaired) electrons. The van der Waals surface area contributed by atoms with Crippen molar-refractivity contribution in [1.29, 1.82) is 0 Å². The van der Waals surface area contributed by atoms with Gasteiger partial charge >= 0.3 is 0 Å². The molecule has 1 aromatic rings. The Balaban J connectivity index is 2.22. The molecule has 2 heterocycles. The van der Waals surface area contributed by atoms with Crippen LogP contribution in [0.2, 0.25) is 4.34 Å². The highest BCUT2D eigenvalue weighted by atomic mass is 35.5. The Labute approximate surface area is 124 Å². The number of nitro groups is 1. The molecular formula is C9H12ClN3O5S2. The summed E-state index contributed by atoms with van der Waals surface area (Å²) in [6.45, 7) is 0.966. The van der Waals surface area contributed by atoms with E-state index in [1.165, 1.54) is 7.11 Å². The largest absolute Gasteiger partial charge is 0.378 e.